The van der Waals surface area contributed by atoms with Crippen LogP contribution in [-0.4, -0.2) is 44.5 Å². The molecule has 5 nitrogen and oxygen atoms in total. The molecule has 1 heterocycles. The van der Waals surface area contributed by atoms with Crippen LogP contribution < -0.4 is 5.73 Å². The van der Waals surface area contributed by atoms with E-state index in [9.17, 15) is 8.42 Å². The number of sulfonamides is 1. The van der Waals surface area contributed by atoms with Gasteiger partial charge < -0.3 is 10.5 Å². The third-order valence-electron chi connectivity index (χ3n) is 2.30. The molecule has 0 aromatic carbocycles. The van der Waals surface area contributed by atoms with Gasteiger partial charge in [0.1, 0.15) is 4.21 Å². The summed E-state index contributed by atoms with van der Waals surface area (Å²) in [7, 11) is -2.06. The van der Waals surface area contributed by atoms with E-state index < -0.39 is 10.0 Å². The number of hydrogen-bond acceptors (Lipinski definition) is 5. The Bertz CT molecular complexity index is 530. The van der Waals surface area contributed by atoms with Gasteiger partial charge in [0.15, 0.2) is 0 Å². The van der Waals surface area contributed by atoms with E-state index in [-0.39, 0.29) is 22.3 Å². The minimum atomic E-state index is -3.58. The maximum absolute atomic E-state index is 12.4. The zero-order chi connectivity index (χ0) is 14.5. The summed E-state index contributed by atoms with van der Waals surface area (Å²) in [6.07, 6.45) is 0.331. The predicted molar refractivity (Wildman–Crippen MR) is 81.4 cm³/mol. The molecule has 0 fully saturated rings. The van der Waals surface area contributed by atoms with Gasteiger partial charge >= 0.3 is 0 Å². The quantitative estimate of drug-likeness (QED) is 0.728. The fraction of sp³-hybridized carbons (Fsp3) is 0.500. The van der Waals surface area contributed by atoms with Gasteiger partial charge in [0.2, 0.25) is 0 Å². The summed E-state index contributed by atoms with van der Waals surface area (Å²) in [5.74, 6) is 0. The molecule has 0 aliphatic carbocycles. The highest BCUT2D eigenvalue weighted by Crippen LogP contribution is 2.28. The number of nitrogens with zero attached hydrogens (tertiary/aromatic N) is 1. The van der Waals surface area contributed by atoms with Gasteiger partial charge in [-0.15, -0.1) is 11.3 Å². The van der Waals surface area contributed by atoms with Crippen LogP contribution in [0.1, 0.15) is 6.42 Å². The molecule has 0 saturated carbocycles. The van der Waals surface area contributed by atoms with Gasteiger partial charge in [0.05, 0.1) is 15.9 Å². The smallest absolute Gasteiger partial charge is 0.252 e. The lowest BCUT2D eigenvalue weighted by Crippen LogP contribution is -2.35. The minimum Gasteiger partial charge on any atom is -0.393 e. The van der Waals surface area contributed by atoms with E-state index >= 15 is 0 Å². The molecular weight excluding hydrogens is 328 g/mol. The molecule has 0 amide bonds. The molecule has 0 radical (unpaired) electrons. The van der Waals surface area contributed by atoms with E-state index in [2.05, 4.69) is 0 Å². The molecule has 0 aliphatic heterocycles. The van der Waals surface area contributed by atoms with Crippen molar-refractivity contribution in [3.8, 4) is 0 Å². The Balaban J connectivity index is 2.91. The molecule has 0 aliphatic rings. The number of ether oxygens (including phenoxy) is 1. The molecular formula is C10H15ClN2O3S3. The van der Waals surface area contributed by atoms with Crippen LogP contribution in [0.25, 0.3) is 0 Å². The first kappa shape index (κ1) is 16.8. The summed E-state index contributed by atoms with van der Waals surface area (Å²) in [6.45, 7) is 0.781. The molecule has 1 aromatic heterocycles. The molecule has 19 heavy (non-hydrogen) atoms. The van der Waals surface area contributed by atoms with E-state index in [4.69, 9.17) is 34.3 Å². The van der Waals surface area contributed by atoms with Gasteiger partial charge in [-0.3, -0.25) is 0 Å². The monoisotopic (exact) mass is 342 g/mol. The fourth-order valence-electron chi connectivity index (χ4n) is 1.34. The summed E-state index contributed by atoms with van der Waals surface area (Å²) < 4.78 is 31.7. The van der Waals surface area contributed by atoms with E-state index in [0.29, 0.717) is 17.4 Å². The molecule has 0 unspecified atom stereocenters. The van der Waals surface area contributed by atoms with Gasteiger partial charge in [-0.2, -0.15) is 4.31 Å². The van der Waals surface area contributed by atoms with Gasteiger partial charge in [-0.1, -0.05) is 23.8 Å². The topological polar surface area (TPSA) is 72.6 Å². The normalized spacial score (nSPS) is 11.9. The average Bonchev–Trinajstić information content (AvgIpc) is 2.76. The average molecular weight is 343 g/mol. The van der Waals surface area contributed by atoms with Crippen LogP contribution in [0.15, 0.2) is 16.3 Å². The van der Waals surface area contributed by atoms with Crippen LogP contribution in [0, 0.1) is 0 Å². The first-order valence-corrected chi connectivity index (χ1v) is 8.45. The highest BCUT2D eigenvalue weighted by molar-refractivity contribution is 7.91. The Morgan fingerprint density at radius 3 is 2.68 bits per heavy atom. The number of methoxy groups -OCH3 is 1. The highest BCUT2D eigenvalue weighted by atomic mass is 35.5. The largest absolute Gasteiger partial charge is 0.393 e. The maximum Gasteiger partial charge on any atom is 0.252 e. The summed E-state index contributed by atoms with van der Waals surface area (Å²) in [5, 5.41) is 0. The Kier molecular flexibility index (Phi) is 6.64. The van der Waals surface area contributed by atoms with Gasteiger partial charge in [0, 0.05) is 26.6 Å². The van der Waals surface area contributed by atoms with Crippen molar-refractivity contribution in [2.75, 3.05) is 26.8 Å². The molecule has 0 atom stereocenters. The number of hydrogen-bond donors (Lipinski definition) is 1. The minimum absolute atomic E-state index is 0.205. The van der Waals surface area contributed by atoms with E-state index in [0.717, 1.165) is 11.3 Å². The first-order valence-electron chi connectivity index (χ1n) is 5.40. The Morgan fingerprint density at radius 1 is 1.53 bits per heavy atom. The van der Waals surface area contributed by atoms with Crippen molar-refractivity contribution in [2.45, 2.75) is 10.6 Å². The van der Waals surface area contributed by atoms with Crippen molar-refractivity contribution < 1.29 is 13.2 Å². The molecule has 0 saturated heterocycles. The first-order chi connectivity index (χ1) is 8.87. The van der Waals surface area contributed by atoms with Crippen molar-refractivity contribution in [3.05, 3.63) is 16.5 Å². The standard InChI is InChI=1S/C10H15ClN2O3S3/c1-16-7-6-13(5-4-9(12)17)19(14,15)10-3-2-8(11)18-10/h2-3H,4-7H2,1H3,(H2,12,17). The molecule has 1 aromatic rings. The summed E-state index contributed by atoms with van der Waals surface area (Å²) in [4.78, 5) is 0.279. The lowest BCUT2D eigenvalue weighted by Gasteiger charge is -2.20. The van der Waals surface area contributed by atoms with E-state index in [1.807, 2.05) is 0 Å². The predicted octanol–water partition coefficient (Wildman–Crippen LogP) is 1.71. The van der Waals surface area contributed by atoms with Gasteiger partial charge in [0.25, 0.3) is 10.0 Å². The zero-order valence-corrected chi connectivity index (χ0v) is 13.5. The van der Waals surface area contributed by atoms with Crippen molar-refractivity contribution in [2.24, 2.45) is 5.73 Å². The van der Waals surface area contributed by atoms with Crippen LogP contribution in [-0.2, 0) is 14.8 Å². The maximum atomic E-state index is 12.4. The summed E-state index contributed by atoms with van der Waals surface area (Å²) in [6, 6.07) is 3.05. The van der Waals surface area contributed by atoms with Crippen molar-refractivity contribution in [1.29, 1.82) is 0 Å². The van der Waals surface area contributed by atoms with Crippen molar-refractivity contribution >= 4 is 50.2 Å². The van der Waals surface area contributed by atoms with Crippen molar-refractivity contribution in [1.82, 2.24) is 4.31 Å². The van der Waals surface area contributed by atoms with Crippen LogP contribution in [0.3, 0.4) is 0 Å². The molecule has 0 spiro atoms. The van der Waals surface area contributed by atoms with Gasteiger partial charge in [-0.05, 0) is 12.1 Å². The number of halogens is 1. The Labute approximate surface area is 127 Å². The van der Waals surface area contributed by atoms with Crippen LogP contribution in [0.5, 0.6) is 0 Å². The summed E-state index contributed by atoms with van der Waals surface area (Å²) in [5.41, 5.74) is 5.42. The van der Waals surface area contributed by atoms with Crippen molar-refractivity contribution in [3.63, 3.8) is 0 Å². The number of thiophene rings is 1. The molecule has 9 heteroatoms. The number of thiocarbonyl (C=S) groups is 1. The third-order valence-corrected chi connectivity index (χ3v) is 6.10. The number of nitrogens with two attached hydrogens (primary N) is 1. The molecule has 1 rings (SSSR count). The molecule has 2 N–H and O–H groups in total. The summed E-state index contributed by atoms with van der Waals surface area (Å²) >= 11 is 11.6. The second kappa shape index (κ2) is 7.51. The van der Waals surface area contributed by atoms with Crippen LogP contribution in [0.2, 0.25) is 4.34 Å². The van der Waals surface area contributed by atoms with Crippen LogP contribution >= 0.6 is 35.2 Å². The van der Waals surface area contributed by atoms with E-state index in [1.165, 1.54) is 17.5 Å². The lowest BCUT2D eigenvalue weighted by atomic mass is 10.4. The molecule has 0 bridgehead atoms. The fourth-order valence-corrected chi connectivity index (χ4v) is 4.50. The van der Waals surface area contributed by atoms with Gasteiger partial charge in [-0.25, -0.2) is 8.42 Å². The Morgan fingerprint density at radius 2 is 2.21 bits per heavy atom. The number of rotatable bonds is 8. The third kappa shape index (κ3) is 4.97. The second-order valence-electron chi connectivity index (χ2n) is 3.67. The zero-order valence-electron chi connectivity index (χ0n) is 10.3. The SMILES string of the molecule is COCCN(CCC(N)=S)S(=O)(=O)c1ccc(Cl)s1. The van der Waals surface area contributed by atoms with E-state index in [1.54, 1.807) is 6.07 Å². The Hall–Kier alpha value is -0.250. The second-order valence-corrected chi connectivity index (χ2v) is 8.08. The molecule has 108 valence electrons. The lowest BCUT2D eigenvalue weighted by molar-refractivity contribution is 0.180. The highest BCUT2D eigenvalue weighted by Gasteiger charge is 2.25. The van der Waals surface area contributed by atoms with Crippen LogP contribution in [0.4, 0.5) is 0 Å².